The SMILES string of the molecule is COCCN=C(N)C=C(N)C(C)(C)C. The molecule has 0 saturated carbocycles. The van der Waals surface area contributed by atoms with Crippen molar-refractivity contribution in [2.75, 3.05) is 20.3 Å². The molecule has 0 rings (SSSR count). The molecule has 4 nitrogen and oxygen atoms in total. The highest BCUT2D eigenvalue weighted by Gasteiger charge is 2.13. The number of hydrogen-bond acceptors (Lipinski definition) is 3. The van der Waals surface area contributed by atoms with Gasteiger partial charge in [0.2, 0.25) is 0 Å². The number of nitrogens with two attached hydrogens (primary N) is 2. The summed E-state index contributed by atoms with van der Waals surface area (Å²) in [6.07, 6.45) is 1.70. The Balaban J connectivity index is 4.28. The molecule has 0 aliphatic carbocycles. The van der Waals surface area contributed by atoms with Gasteiger partial charge in [-0.2, -0.15) is 0 Å². The van der Waals surface area contributed by atoms with E-state index in [-0.39, 0.29) is 5.41 Å². The Hall–Kier alpha value is -1.03. The van der Waals surface area contributed by atoms with Crippen molar-refractivity contribution in [1.29, 1.82) is 0 Å². The number of amidine groups is 1. The third kappa shape index (κ3) is 5.59. The van der Waals surface area contributed by atoms with Crippen LogP contribution in [0.2, 0.25) is 0 Å². The number of aliphatic imine (C=N–C) groups is 1. The van der Waals surface area contributed by atoms with Gasteiger partial charge in [-0.05, 0) is 6.08 Å². The Bertz CT molecular complexity index is 226. The zero-order valence-electron chi connectivity index (χ0n) is 9.50. The molecule has 4 heteroatoms. The van der Waals surface area contributed by atoms with Crippen molar-refractivity contribution in [1.82, 2.24) is 0 Å². The maximum Gasteiger partial charge on any atom is 0.120 e. The second kappa shape index (κ2) is 5.65. The van der Waals surface area contributed by atoms with Crippen LogP contribution < -0.4 is 11.5 Å². The molecule has 0 aromatic rings. The van der Waals surface area contributed by atoms with Crippen LogP contribution in [0.3, 0.4) is 0 Å². The summed E-state index contributed by atoms with van der Waals surface area (Å²) in [7, 11) is 1.63. The van der Waals surface area contributed by atoms with Gasteiger partial charge >= 0.3 is 0 Å². The van der Waals surface area contributed by atoms with Crippen LogP contribution in [0, 0.1) is 5.41 Å². The van der Waals surface area contributed by atoms with E-state index in [2.05, 4.69) is 4.99 Å². The van der Waals surface area contributed by atoms with Crippen molar-refractivity contribution in [3.63, 3.8) is 0 Å². The van der Waals surface area contributed by atoms with Crippen LogP contribution in [-0.2, 0) is 4.74 Å². The summed E-state index contributed by atoms with van der Waals surface area (Å²) >= 11 is 0. The average molecular weight is 199 g/mol. The second-order valence-electron chi connectivity index (χ2n) is 4.15. The molecule has 0 spiro atoms. The standard InChI is InChI=1S/C10H21N3O/c1-10(2,3)8(11)7-9(12)13-5-6-14-4/h7H,5-6,11H2,1-4H3,(H2,12,13). The van der Waals surface area contributed by atoms with Gasteiger partial charge in [-0.15, -0.1) is 0 Å². The Morgan fingerprint density at radius 3 is 2.36 bits per heavy atom. The lowest BCUT2D eigenvalue weighted by molar-refractivity contribution is 0.208. The van der Waals surface area contributed by atoms with Crippen molar-refractivity contribution in [2.24, 2.45) is 21.9 Å². The number of rotatable bonds is 4. The topological polar surface area (TPSA) is 73.6 Å². The fourth-order valence-corrected chi connectivity index (χ4v) is 0.688. The molecule has 0 radical (unpaired) electrons. The molecule has 0 aliphatic rings. The van der Waals surface area contributed by atoms with E-state index in [9.17, 15) is 0 Å². The molecule has 0 fully saturated rings. The van der Waals surface area contributed by atoms with E-state index in [1.54, 1.807) is 13.2 Å². The van der Waals surface area contributed by atoms with Gasteiger partial charge in [-0.3, -0.25) is 4.99 Å². The largest absolute Gasteiger partial charge is 0.401 e. The predicted molar refractivity (Wildman–Crippen MR) is 60.1 cm³/mol. The van der Waals surface area contributed by atoms with E-state index in [4.69, 9.17) is 16.2 Å². The van der Waals surface area contributed by atoms with Crippen LogP contribution in [0.1, 0.15) is 20.8 Å². The second-order valence-corrected chi connectivity index (χ2v) is 4.15. The van der Waals surface area contributed by atoms with E-state index in [1.807, 2.05) is 20.8 Å². The fourth-order valence-electron chi connectivity index (χ4n) is 0.688. The first kappa shape index (κ1) is 13.0. The number of allylic oxidation sites excluding steroid dienone is 1. The highest BCUT2D eigenvalue weighted by molar-refractivity contribution is 5.92. The molecule has 0 unspecified atom stereocenters. The minimum Gasteiger partial charge on any atom is -0.401 e. The van der Waals surface area contributed by atoms with Gasteiger partial charge in [0.25, 0.3) is 0 Å². The number of methoxy groups -OCH3 is 1. The Labute approximate surface area is 86.0 Å². The molecule has 4 N–H and O–H groups in total. The molecule has 14 heavy (non-hydrogen) atoms. The molecular formula is C10H21N3O. The zero-order chi connectivity index (χ0) is 11.2. The van der Waals surface area contributed by atoms with Gasteiger partial charge < -0.3 is 16.2 Å². The normalized spacial score (nSPS) is 14.6. The van der Waals surface area contributed by atoms with Gasteiger partial charge in [0.05, 0.1) is 13.2 Å². The van der Waals surface area contributed by atoms with E-state index in [0.717, 1.165) is 5.70 Å². The highest BCUT2D eigenvalue weighted by atomic mass is 16.5. The third-order valence-corrected chi connectivity index (χ3v) is 1.76. The summed E-state index contributed by atoms with van der Waals surface area (Å²) in [5, 5.41) is 0. The van der Waals surface area contributed by atoms with Gasteiger partial charge in [-0.25, -0.2) is 0 Å². The molecule has 0 amide bonds. The monoisotopic (exact) mass is 199 g/mol. The summed E-state index contributed by atoms with van der Waals surface area (Å²) in [5.74, 6) is 0.453. The molecule has 0 bridgehead atoms. The molecule has 0 aromatic carbocycles. The molecule has 0 atom stereocenters. The minimum atomic E-state index is -0.0681. The van der Waals surface area contributed by atoms with E-state index >= 15 is 0 Å². The molecule has 0 aromatic heterocycles. The third-order valence-electron chi connectivity index (χ3n) is 1.76. The van der Waals surface area contributed by atoms with Crippen molar-refractivity contribution in [2.45, 2.75) is 20.8 Å². The summed E-state index contributed by atoms with van der Waals surface area (Å²) in [6, 6.07) is 0. The molecular weight excluding hydrogens is 178 g/mol. The van der Waals surface area contributed by atoms with Gasteiger partial charge in [-0.1, -0.05) is 20.8 Å². The fraction of sp³-hybridized carbons (Fsp3) is 0.700. The van der Waals surface area contributed by atoms with E-state index in [1.165, 1.54) is 0 Å². The number of nitrogens with zero attached hydrogens (tertiary/aromatic N) is 1. The number of ether oxygens (including phenoxy) is 1. The lowest BCUT2D eigenvalue weighted by Crippen LogP contribution is -2.21. The van der Waals surface area contributed by atoms with Crippen molar-refractivity contribution in [3.8, 4) is 0 Å². The quantitative estimate of drug-likeness (QED) is 0.401. The van der Waals surface area contributed by atoms with Crippen LogP contribution in [0.25, 0.3) is 0 Å². The summed E-state index contributed by atoms with van der Waals surface area (Å²) in [4.78, 5) is 4.08. The van der Waals surface area contributed by atoms with Crippen LogP contribution in [0.5, 0.6) is 0 Å². The van der Waals surface area contributed by atoms with Crippen molar-refractivity contribution < 1.29 is 4.74 Å². The van der Waals surface area contributed by atoms with Crippen molar-refractivity contribution in [3.05, 3.63) is 11.8 Å². The summed E-state index contributed by atoms with van der Waals surface area (Å²) in [6.45, 7) is 7.23. The highest BCUT2D eigenvalue weighted by Crippen LogP contribution is 2.19. The van der Waals surface area contributed by atoms with Gasteiger partial charge in [0.15, 0.2) is 0 Å². The Kier molecular flexibility index (Phi) is 5.23. The maximum atomic E-state index is 5.82. The van der Waals surface area contributed by atoms with Crippen molar-refractivity contribution >= 4 is 5.84 Å². The number of hydrogen-bond donors (Lipinski definition) is 2. The molecule has 82 valence electrons. The van der Waals surface area contributed by atoms with Gasteiger partial charge in [0, 0.05) is 18.2 Å². The lowest BCUT2D eigenvalue weighted by atomic mass is 9.92. The van der Waals surface area contributed by atoms with Crippen LogP contribution in [0.15, 0.2) is 16.8 Å². The smallest absolute Gasteiger partial charge is 0.120 e. The first-order valence-electron chi connectivity index (χ1n) is 4.64. The Morgan fingerprint density at radius 2 is 1.93 bits per heavy atom. The van der Waals surface area contributed by atoms with Crippen LogP contribution in [0.4, 0.5) is 0 Å². The van der Waals surface area contributed by atoms with Crippen LogP contribution in [-0.4, -0.2) is 26.1 Å². The maximum absolute atomic E-state index is 5.82. The molecule has 0 heterocycles. The average Bonchev–Trinajstić information content (AvgIpc) is 2.03. The molecule has 0 saturated heterocycles. The Morgan fingerprint density at radius 1 is 1.36 bits per heavy atom. The first-order valence-corrected chi connectivity index (χ1v) is 4.64. The van der Waals surface area contributed by atoms with E-state index in [0.29, 0.717) is 19.0 Å². The lowest BCUT2D eigenvalue weighted by Gasteiger charge is -2.18. The van der Waals surface area contributed by atoms with E-state index < -0.39 is 0 Å². The summed E-state index contributed by atoms with van der Waals surface area (Å²) in [5.41, 5.74) is 12.1. The van der Waals surface area contributed by atoms with Gasteiger partial charge in [0.1, 0.15) is 5.84 Å². The first-order chi connectivity index (χ1) is 6.38. The molecule has 0 aliphatic heterocycles. The predicted octanol–water partition coefficient (Wildman–Crippen LogP) is 0.879. The van der Waals surface area contributed by atoms with Crippen LogP contribution >= 0.6 is 0 Å². The summed E-state index contributed by atoms with van der Waals surface area (Å²) < 4.78 is 4.85. The minimum absolute atomic E-state index is 0.0681. The zero-order valence-corrected chi connectivity index (χ0v) is 9.50.